The smallest absolute Gasteiger partial charge is 0.123 e. The van der Waals surface area contributed by atoms with Gasteiger partial charge in [0.2, 0.25) is 0 Å². The van der Waals surface area contributed by atoms with Crippen LogP contribution in [-0.2, 0) is 6.42 Å². The highest BCUT2D eigenvalue weighted by molar-refractivity contribution is 5.35. The molecule has 2 rings (SSSR count). The number of rotatable bonds is 7. The maximum Gasteiger partial charge on any atom is 0.123 e. The van der Waals surface area contributed by atoms with E-state index in [9.17, 15) is 0 Å². The van der Waals surface area contributed by atoms with E-state index in [0.717, 1.165) is 24.4 Å². The van der Waals surface area contributed by atoms with Crippen LogP contribution in [0.1, 0.15) is 37.6 Å². The first kappa shape index (κ1) is 14.7. The topological polar surface area (TPSA) is 34.4 Å². The highest BCUT2D eigenvalue weighted by Gasteiger charge is 2.13. The van der Waals surface area contributed by atoms with Crippen molar-refractivity contribution in [1.82, 2.24) is 5.32 Å². The van der Waals surface area contributed by atoms with Crippen LogP contribution in [0.2, 0.25) is 0 Å². The summed E-state index contributed by atoms with van der Waals surface area (Å²) >= 11 is 0. The lowest BCUT2D eigenvalue weighted by molar-refractivity contribution is 0.389. The van der Waals surface area contributed by atoms with Crippen LogP contribution in [0.3, 0.4) is 0 Å². The predicted molar refractivity (Wildman–Crippen MR) is 81.0 cm³/mol. The van der Waals surface area contributed by atoms with E-state index in [1.165, 1.54) is 5.56 Å². The molecule has 0 bridgehead atoms. The molecule has 1 aromatic carbocycles. The number of methoxy groups -OCH3 is 1. The first-order valence-electron chi connectivity index (χ1n) is 7.12. The molecular weight excluding hydrogens is 250 g/mol. The minimum absolute atomic E-state index is 0.262. The lowest BCUT2D eigenvalue weighted by atomic mass is 10.0. The Labute approximate surface area is 121 Å². The van der Waals surface area contributed by atoms with Gasteiger partial charge in [-0.2, -0.15) is 0 Å². The zero-order valence-corrected chi connectivity index (χ0v) is 12.4. The van der Waals surface area contributed by atoms with E-state index < -0.39 is 0 Å². The molecule has 3 nitrogen and oxygen atoms in total. The fourth-order valence-electron chi connectivity index (χ4n) is 2.44. The Bertz CT molecular complexity index is 507. The second-order valence-electron chi connectivity index (χ2n) is 5.15. The number of ether oxygens (including phenoxy) is 1. The van der Waals surface area contributed by atoms with Gasteiger partial charge in [0.1, 0.15) is 11.5 Å². The summed E-state index contributed by atoms with van der Waals surface area (Å²) in [6, 6.07) is 12.8. The van der Waals surface area contributed by atoms with Crippen molar-refractivity contribution in [2.24, 2.45) is 0 Å². The van der Waals surface area contributed by atoms with Gasteiger partial charge >= 0.3 is 0 Å². The van der Waals surface area contributed by atoms with Crippen LogP contribution in [0.15, 0.2) is 47.1 Å². The van der Waals surface area contributed by atoms with Gasteiger partial charge in [-0.25, -0.2) is 0 Å². The van der Waals surface area contributed by atoms with Crippen molar-refractivity contribution < 1.29 is 9.15 Å². The van der Waals surface area contributed by atoms with Gasteiger partial charge in [-0.3, -0.25) is 0 Å². The van der Waals surface area contributed by atoms with Crippen molar-refractivity contribution in [3.05, 3.63) is 54.0 Å². The molecule has 2 aromatic rings. The zero-order chi connectivity index (χ0) is 14.4. The van der Waals surface area contributed by atoms with Gasteiger partial charge in [-0.15, -0.1) is 0 Å². The molecule has 108 valence electrons. The SMILES string of the molecule is COc1ccccc1[C@@H](C)NC(C)CCc1ccco1. The number of benzene rings is 1. The zero-order valence-electron chi connectivity index (χ0n) is 12.4. The van der Waals surface area contributed by atoms with E-state index in [1.807, 2.05) is 30.3 Å². The van der Waals surface area contributed by atoms with Gasteiger partial charge in [0.25, 0.3) is 0 Å². The molecule has 0 radical (unpaired) electrons. The third-order valence-corrected chi connectivity index (χ3v) is 3.54. The van der Waals surface area contributed by atoms with Gasteiger partial charge in [0, 0.05) is 24.1 Å². The van der Waals surface area contributed by atoms with Crippen molar-refractivity contribution in [2.75, 3.05) is 7.11 Å². The van der Waals surface area contributed by atoms with Crippen LogP contribution in [0.4, 0.5) is 0 Å². The average Bonchev–Trinajstić information content (AvgIpc) is 2.98. The Balaban J connectivity index is 1.88. The van der Waals surface area contributed by atoms with E-state index in [1.54, 1.807) is 13.4 Å². The third-order valence-electron chi connectivity index (χ3n) is 3.54. The van der Waals surface area contributed by atoms with E-state index in [2.05, 4.69) is 25.2 Å². The molecule has 0 aliphatic heterocycles. The Hall–Kier alpha value is -1.74. The van der Waals surface area contributed by atoms with Gasteiger partial charge < -0.3 is 14.5 Å². The third kappa shape index (κ3) is 3.87. The lowest BCUT2D eigenvalue weighted by Crippen LogP contribution is -2.29. The van der Waals surface area contributed by atoms with Crippen LogP contribution in [0, 0.1) is 0 Å². The predicted octanol–water partition coefficient (Wildman–Crippen LogP) is 3.96. The summed E-state index contributed by atoms with van der Waals surface area (Å²) < 4.78 is 10.8. The summed E-state index contributed by atoms with van der Waals surface area (Å²) in [5, 5.41) is 3.61. The summed E-state index contributed by atoms with van der Waals surface area (Å²) in [7, 11) is 1.71. The molecule has 2 atom stereocenters. The summed E-state index contributed by atoms with van der Waals surface area (Å²) in [6.45, 7) is 4.37. The number of nitrogens with one attached hydrogen (secondary N) is 1. The molecule has 0 amide bonds. The second kappa shape index (κ2) is 7.15. The van der Waals surface area contributed by atoms with Gasteiger partial charge in [-0.05, 0) is 38.5 Å². The Morgan fingerprint density at radius 2 is 1.95 bits per heavy atom. The Kier molecular flexibility index (Phi) is 5.24. The summed E-state index contributed by atoms with van der Waals surface area (Å²) in [5.74, 6) is 1.98. The molecule has 0 saturated carbocycles. The average molecular weight is 273 g/mol. The molecule has 1 unspecified atom stereocenters. The summed E-state index contributed by atoms with van der Waals surface area (Å²) in [4.78, 5) is 0. The van der Waals surface area contributed by atoms with E-state index in [0.29, 0.717) is 6.04 Å². The highest BCUT2D eigenvalue weighted by Crippen LogP contribution is 2.24. The molecule has 0 fully saturated rings. The minimum atomic E-state index is 0.262. The molecule has 3 heteroatoms. The molecule has 1 aromatic heterocycles. The highest BCUT2D eigenvalue weighted by atomic mass is 16.5. The standard InChI is InChI=1S/C17H23NO2/c1-13(10-11-15-7-6-12-20-15)18-14(2)16-8-4-5-9-17(16)19-3/h4-9,12-14,18H,10-11H2,1-3H3/t13?,14-/m1/s1. The number of hydrogen-bond donors (Lipinski definition) is 1. The largest absolute Gasteiger partial charge is 0.496 e. The summed E-state index contributed by atoms with van der Waals surface area (Å²) in [5.41, 5.74) is 1.19. The molecule has 20 heavy (non-hydrogen) atoms. The van der Waals surface area contributed by atoms with Crippen molar-refractivity contribution >= 4 is 0 Å². The van der Waals surface area contributed by atoms with Gasteiger partial charge in [0.15, 0.2) is 0 Å². The molecule has 1 N–H and O–H groups in total. The first-order chi connectivity index (χ1) is 9.70. The lowest BCUT2D eigenvalue weighted by Gasteiger charge is -2.21. The molecule has 0 aliphatic rings. The Morgan fingerprint density at radius 3 is 2.65 bits per heavy atom. The van der Waals surface area contributed by atoms with Crippen molar-refractivity contribution in [3.63, 3.8) is 0 Å². The van der Waals surface area contributed by atoms with Crippen LogP contribution >= 0.6 is 0 Å². The number of hydrogen-bond acceptors (Lipinski definition) is 3. The minimum Gasteiger partial charge on any atom is -0.496 e. The molecule has 0 aliphatic carbocycles. The van der Waals surface area contributed by atoms with Gasteiger partial charge in [0.05, 0.1) is 13.4 Å². The van der Waals surface area contributed by atoms with E-state index in [4.69, 9.17) is 9.15 Å². The molecule has 1 heterocycles. The van der Waals surface area contributed by atoms with Crippen molar-refractivity contribution in [3.8, 4) is 5.75 Å². The number of aryl methyl sites for hydroxylation is 1. The van der Waals surface area contributed by atoms with E-state index >= 15 is 0 Å². The van der Waals surface area contributed by atoms with Gasteiger partial charge in [-0.1, -0.05) is 18.2 Å². The Morgan fingerprint density at radius 1 is 1.15 bits per heavy atom. The molecular formula is C17H23NO2. The second-order valence-corrected chi connectivity index (χ2v) is 5.15. The maximum absolute atomic E-state index is 5.41. The quantitative estimate of drug-likeness (QED) is 0.829. The van der Waals surface area contributed by atoms with Crippen LogP contribution in [0.5, 0.6) is 5.75 Å². The number of furan rings is 1. The van der Waals surface area contributed by atoms with Crippen LogP contribution in [-0.4, -0.2) is 13.2 Å². The van der Waals surface area contributed by atoms with E-state index in [-0.39, 0.29) is 6.04 Å². The molecule has 0 spiro atoms. The molecule has 0 saturated heterocycles. The summed E-state index contributed by atoms with van der Waals surface area (Å²) in [6.07, 6.45) is 3.73. The first-order valence-corrected chi connectivity index (χ1v) is 7.12. The van der Waals surface area contributed by atoms with Crippen molar-refractivity contribution in [2.45, 2.75) is 38.8 Å². The van der Waals surface area contributed by atoms with Crippen molar-refractivity contribution in [1.29, 1.82) is 0 Å². The fourth-order valence-corrected chi connectivity index (χ4v) is 2.44. The maximum atomic E-state index is 5.41. The van der Waals surface area contributed by atoms with Crippen LogP contribution in [0.25, 0.3) is 0 Å². The normalized spacial score (nSPS) is 13.9. The monoisotopic (exact) mass is 273 g/mol. The number of para-hydroxylation sites is 1. The van der Waals surface area contributed by atoms with Crippen LogP contribution < -0.4 is 10.1 Å². The fraction of sp³-hybridized carbons (Fsp3) is 0.412.